The highest BCUT2D eigenvalue weighted by atomic mass is 16.3. The van der Waals surface area contributed by atoms with Crippen LogP contribution in [0.2, 0.25) is 0 Å². The Labute approximate surface area is 287 Å². The molecule has 0 radical (unpaired) electrons. The molecule has 6 aromatic carbocycles. The van der Waals surface area contributed by atoms with Crippen LogP contribution in [0, 0.1) is 0 Å². The fraction of sp³-hybridized carbons (Fsp3) is 0. The van der Waals surface area contributed by atoms with Gasteiger partial charge in [0.15, 0.2) is 0 Å². The Balaban J connectivity index is 1.78. The first-order valence-electron chi connectivity index (χ1n) is 22.2. The summed E-state index contributed by atoms with van der Waals surface area (Å²) in [5.74, 6) is 0. The lowest BCUT2D eigenvalue weighted by molar-refractivity contribution is 0.575. The van der Waals surface area contributed by atoms with Crippen LogP contribution in [-0.4, -0.2) is 0 Å². The molecule has 214 valence electrons. The van der Waals surface area contributed by atoms with Crippen LogP contribution < -0.4 is 10.6 Å². The summed E-state index contributed by atoms with van der Waals surface area (Å²) in [5, 5.41) is -0.588. The van der Waals surface area contributed by atoms with E-state index in [1.165, 1.54) is 30.4 Å². The van der Waals surface area contributed by atoms with E-state index in [2.05, 4.69) is 19.7 Å². The van der Waals surface area contributed by atoms with Crippen molar-refractivity contribution in [3.05, 3.63) is 192 Å². The van der Waals surface area contributed by atoms with Crippen molar-refractivity contribution in [2.75, 3.05) is 0 Å². The van der Waals surface area contributed by atoms with Gasteiger partial charge in [0, 0.05) is 10.6 Å². The number of hydrogen-bond acceptors (Lipinski definition) is 1. The standard InChI is InChI=1S/C44H32O/c1-4-17-32(5-2)33-20-9-10-22-35(33)44-38-25-13-11-23-36(38)43(37-24-12-14-26-39(37)44)30(3)28-40-34-21-15-16-27-41(34)45-42(40)29-31-18-7-6-8-19-31/h4-29H,1-3H2/b32-17+,40-28-,42-29-/i6D,7D,8D,9D,10D,11D,12D,13D,14D,18D,19D,20D,22D,23D,24D,25D,26D. The van der Waals surface area contributed by atoms with Crippen molar-refractivity contribution in [3.8, 4) is 11.1 Å². The quantitative estimate of drug-likeness (QED) is 0.132. The van der Waals surface area contributed by atoms with Gasteiger partial charge in [0.25, 0.3) is 0 Å². The van der Waals surface area contributed by atoms with Crippen LogP contribution in [0.3, 0.4) is 0 Å². The van der Waals surface area contributed by atoms with Crippen molar-refractivity contribution in [3.63, 3.8) is 0 Å². The van der Waals surface area contributed by atoms with Gasteiger partial charge >= 0.3 is 0 Å². The molecule has 7 aromatic rings. The highest BCUT2D eigenvalue weighted by Gasteiger charge is 2.19. The molecule has 0 N–H and O–H groups in total. The van der Waals surface area contributed by atoms with Gasteiger partial charge in [-0.3, -0.25) is 0 Å². The third kappa shape index (κ3) is 5.05. The first-order chi connectivity index (χ1) is 29.2. The second kappa shape index (κ2) is 12.0. The van der Waals surface area contributed by atoms with E-state index in [1.54, 1.807) is 24.3 Å². The number of para-hydroxylation sites is 1. The molecule has 0 aliphatic rings. The fourth-order valence-corrected chi connectivity index (χ4v) is 5.34. The SMILES string of the molecule is [2H]c1c([2H])c([2H])c(/C=c2\oc3ccccc3\c2=C\C(=C)c2c3c([2H])c([2H])c([2H])c([2H])c3c(-c3c([2H])c([2H])c([2H])c([2H])c3/C(C=C)=C/C=C)c3c([2H])c([2H])c([2H])c([2H])c23)c([2H])c1[2H]. The zero-order chi connectivity index (χ0) is 45.5. The van der Waals surface area contributed by atoms with E-state index in [0.29, 0.717) is 11.0 Å². The maximum atomic E-state index is 9.36. The van der Waals surface area contributed by atoms with Gasteiger partial charge in [0.05, 0.1) is 23.3 Å². The summed E-state index contributed by atoms with van der Waals surface area (Å²) in [6, 6.07) is -4.35. The van der Waals surface area contributed by atoms with Crippen LogP contribution in [0.5, 0.6) is 0 Å². The summed E-state index contributed by atoms with van der Waals surface area (Å²) < 4.78 is 156. The number of rotatable bonds is 7. The molecular formula is C44H32O. The first-order valence-corrected chi connectivity index (χ1v) is 13.7. The molecular weight excluding hydrogens is 544 g/mol. The Morgan fingerprint density at radius 2 is 1.31 bits per heavy atom. The molecule has 0 bridgehead atoms. The van der Waals surface area contributed by atoms with Crippen LogP contribution >= 0.6 is 0 Å². The second-order valence-electron chi connectivity index (χ2n) is 9.79. The van der Waals surface area contributed by atoms with Crippen molar-refractivity contribution >= 4 is 55.8 Å². The third-order valence-electron chi connectivity index (χ3n) is 7.22. The van der Waals surface area contributed by atoms with Crippen LogP contribution in [0.15, 0.2) is 169 Å². The van der Waals surface area contributed by atoms with Crippen molar-refractivity contribution in [2.45, 2.75) is 0 Å². The summed E-state index contributed by atoms with van der Waals surface area (Å²) in [5.41, 5.74) is -0.856. The van der Waals surface area contributed by atoms with Gasteiger partial charge in [-0.1, -0.05) is 159 Å². The molecule has 0 saturated carbocycles. The maximum Gasteiger partial charge on any atom is 0.136 e. The molecule has 0 amide bonds. The summed E-state index contributed by atoms with van der Waals surface area (Å²) >= 11 is 0. The molecule has 0 spiro atoms. The molecule has 1 heterocycles. The topological polar surface area (TPSA) is 13.1 Å². The minimum Gasteiger partial charge on any atom is -0.456 e. The van der Waals surface area contributed by atoms with Crippen LogP contribution in [0.1, 0.15) is 40.0 Å². The second-order valence-corrected chi connectivity index (χ2v) is 9.79. The molecule has 1 nitrogen and oxygen atoms in total. The van der Waals surface area contributed by atoms with E-state index in [4.69, 9.17) is 20.9 Å². The monoisotopic (exact) mass is 593 g/mol. The van der Waals surface area contributed by atoms with E-state index in [1.807, 2.05) is 0 Å². The van der Waals surface area contributed by atoms with Gasteiger partial charge in [0.1, 0.15) is 11.0 Å². The molecule has 0 aliphatic carbocycles. The van der Waals surface area contributed by atoms with Crippen LogP contribution in [0.25, 0.3) is 66.9 Å². The molecule has 0 unspecified atom stereocenters. The van der Waals surface area contributed by atoms with Gasteiger partial charge < -0.3 is 4.42 Å². The third-order valence-corrected chi connectivity index (χ3v) is 7.22. The average Bonchev–Trinajstić information content (AvgIpc) is 3.60. The molecule has 0 aliphatic heterocycles. The largest absolute Gasteiger partial charge is 0.456 e. The summed E-state index contributed by atoms with van der Waals surface area (Å²) in [6.45, 7) is 11.8. The van der Waals surface area contributed by atoms with Gasteiger partial charge in [-0.25, -0.2) is 0 Å². The van der Waals surface area contributed by atoms with Crippen molar-refractivity contribution < 1.29 is 27.7 Å². The van der Waals surface area contributed by atoms with E-state index in [0.717, 1.165) is 0 Å². The van der Waals surface area contributed by atoms with Crippen molar-refractivity contribution in [2.24, 2.45) is 0 Å². The summed E-state index contributed by atoms with van der Waals surface area (Å²) in [6.07, 6.45) is 6.76. The molecule has 0 saturated heterocycles. The number of hydrogen-bond donors (Lipinski definition) is 0. The molecule has 1 aromatic heterocycles. The smallest absolute Gasteiger partial charge is 0.136 e. The molecule has 1 heteroatoms. The number of benzene rings is 6. The van der Waals surface area contributed by atoms with E-state index >= 15 is 0 Å². The number of fused-ring (bicyclic) bond motifs is 3. The number of furan rings is 1. The van der Waals surface area contributed by atoms with Crippen LogP contribution in [-0.2, 0) is 0 Å². The Kier molecular flexibility index (Phi) is 3.92. The lowest BCUT2D eigenvalue weighted by atomic mass is 9.83. The average molecular weight is 594 g/mol. The highest BCUT2D eigenvalue weighted by Crippen LogP contribution is 2.43. The Bertz CT molecular complexity index is 3270. The zero-order valence-electron chi connectivity index (χ0n) is 40.7. The normalized spacial score (nSPS) is 18.0. The first kappa shape index (κ1) is 14.7. The zero-order valence-corrected chi connectivity index (χ0v) is 23.7. The predicted molar refractivity (Wildman–Crippen MR) is 194 cm³/mol. The lowest BCUT2D eigenvalue weighted by Crippen LogP contribution is -2.20. The Morgan fingerprint density at radius 3 is 2.00 bits per heavy atom. The van der Waals surface area contributed by atoms with Crippen molar-refractivity contribution in [1.82, 2.24) is 0 Å². The summed E-state index contributed by atoms with van der Waals surface area (Å²) in [4.78, 5) is 0. The fourth-order valence-electron chi connectivity index (χ4n) is 5.34. The van der Waals surface area contributed by atoms with Crippen LogP contribution in [0.4, 0.5) is 0 Å². The van der Waals surface area contributed by atoms with Crippen molar-refractivity contribution in [1.29, 1.82) is 0 Å². The lowest BCUT2D eigenvalue weighted by Gasteiger charge is -2.19. The molecule has 0 atom stereocenters. The molecule has 0 fully saturated rings. The number of allylic oxidation sites excluding steroid dienone is 5. The molecule has 45 heavy (non-hydrogen) atoms. The van der Waals surface area contributed by atoms with E-state index < -0.39 is 103 Å². The Hall–Kier alpha value is -5.92. The minimum atomic E-state index is -0.742. The van der Waals surface area contributed by atoms with E-state index in [9.17, 15) is 6.85 Å². The minimum absolute atomic E-state index is 0.00389. The summed E-state index contributed by atoms with van der Waals surface area (Å²) in [7, 11) is 0. The molecule has 7 rings (SSSR count). The maximum absolute atomic E-state index is 9.36. The van der Waals surface area contributed by atoms with E-state index in [-0.39, 0.29) is 71.1 Å². The van der Waals surface area contributed by atoms with Gasteiger partial charge in [-0.15, -0.1) is 0 Å². The predicted octanol–water partition coefficient (Wildman–Crippen LogP) is 10.5. The van der Waals surface area contributed by atoms with Gasteiger partial charge in [-0.2, -0.15) is 0 Å². The Morgan fingerprint density at radius 1 is 0.689 bits per heavy atom. The van der Waals surface area contributed by atoms with Gasteiger partial charge in [-0.05, 0) is 78.7 Å². The van der Waals surface area contributed by atoms with Gasteiger partial charge in [0.2, 0.25) is 0 Å². The highest BCUT2D eigenvalue weighted by molar-refractivity contribution is 6.21.